The van der Waals surface area contributed by atoms with Gasteiger partial charge in [0.1, 0.15) is 0 Å². The van der Waals surface area contributed by atoms with Crippen LogP contribution in [0, 0.1) is 0 Å². The fourth-order valence-electron chi connectivity index (χ4n) is 9.73. The van der Waals surface area contributed by atoms with Crippen molar-refractivity contribution in [3.8, 4) is 27.9 Å². The Morgan fingerprint density at radius 3 is 1.40 bits per heavy atom. The van der Waals surface area contributed by atoms with E-state index in [4.69, 9.17) is 0 Å². The molecule has 11 aromatic carbocycles. The normalized spacial score (nSPS) is 12.6. The fraction of sp³-hybridized carbons (Fsp3) is 0.0741. The molecule has 0 radical (unpaired) electrons. The average Bonchev–Trinajstić information content (AvgIpc) is 3.55. The smallest absolute Gasteiger partial charge is 0.0541 e. The third-order valence-electron chi connectivity index (χ3n) is 12.4. The van der Waals surface area contributed by atoms with E-state index in [2.05, 4.69) is 195 Å². The molecule has 0 N–H and O–H groups in total. The molecule has 1 heterocycles. The highest BCUT2D eigenvalue weighted by atomic mass is 15.0. The maximum absolute atomic E-state index is 2.46. The van der Waals surface area contributed by atoms with Crippen LogP contribution in [0.5, 0.6) is 0 Å². The number of fused-ring (bicyclic) bond motifs is 3. The average molecular weight is 700 g/mol. The van der Waals surface area contributed by atoms with E-state index in [-0.39, 0.29) is 5.41 Å². The van der Waals surface area contributed by atoms with E-state index in [1.807, 2.05) is 0 Å². The lowest BCUT2D eigenvalue weighted by Crippen LogP contribution is -2.10. The number of rotatable bonds is 3. The molecule has 0 amide bonds. The van der Waals surface area contributed by atoms with Crippen molar-refractivity contribution in [3.63, 3.8) is 0 Å². The number of nitrogens with zero attached hydrogens (tertiary/aromatic N) is 1. The molecule has 0 aliphatic heterocycles. The Labute approximate surface area is 319 Å². The first-order chi connectivity index (χ1) is 26.9. The van der Waals surface area contributed by atoms with Crippen LogP contribution >= 0.6 is 0 Å². The van der Waals surface area contributed by atoms with Crippen molar-refractivity contribution in [2.24, 2.45) is 0 Å². The summed E-state index contributed by atoms with van der Waals surface area (Å²) in [5.74, 6) is 0. The van der Waals surface area contributed by atoms with Crippen LogP contribution < -0.4 is 0 Å². The van der Waals surface area contributed by atoms with Gasteiger partial charge >= 0.3 is 0 Å². The first-order valence-corrected chi connectivity index (χ1v) is 19.4. The molecule has 0 aliphatic carbocycles. The van der Waals surface area contributed by atoms with Gasteiger partial charge in [-0.2, -0.15) is 0 Å². The monoisotopic (exact) mass is 699 g/mol. The standard InChI is InChI=1S/C54H37N/c1-54(2,3)40-29-37-21-25-44-46(32-19-23-41(24-20-32)55-48-13-6-4-11-42(48)43-12-5-7-14-49(43)55)31-47(45-26-22-38(30-40)52(37)53(44)45)39-27-35-17-15-33-9-8-10-34-16-18-36(28-39)51(35)50(33)34/h4-31H,1-3H3. The Morgan fingerprint density at radius 2 is 0.818 bits per heavy atom. The van der Waals surface area contributed by atoms with Gasteiger partial charge in [-0.25, -0.2) is 0 Å². The number of hydrogen-bond donors (Lipinski definition) is 0. The van der Waals surface area contributed by atoms with Crippen LogP contribution in [0.1, 0.15) is 26.3 Å². The Morgan fingerprint density at radius 1 is 0.345 bits per heavy atom. The Kier molecular flexibility index (Phi) is 6.11. The molecule has 12 aromatic rings. The van der Waals surface area contributed by atoms with E-state index in [0.29, 0.717) is 0 Å². The second kappa shape index (κ2) is 10.9. The first kappa shape index (κ1) is 30.7. The van der Waals surface area contributed by atoms with Crippen LogP contribution in [-0.2, 0) is 5.41 Å². The van der Waals surface area contributed by atoms with Gasteiger partial charge in [-0.1, -0.05) is 148 Å². The minimum Gasteiger partial charge on any atom is -0.309 e. The van der Waals surface area contributed by atoms with Gasteiger partial charge in [0.2, 0.25) is 0 Å². The van der Waals surface area contributed by atoms with Crippen LogP contribution in [0.2, 0.25) is 0 Å². The number of benzene rings is 11. The second-order valence-corrected chi connectivity index (χ2v) is 16.5. The lowest BCUT2D eigenvalue weighted by Gasteiger charge is -2.23. The zero-order valence-corrected chi connectivity index (χ0v) is 31.1. The van der Waals surface area contributed by atoms with E-state index in [0.717, 1.165) is 0 Å². The van der Waals surface area contributed by atoms with Crippen LogP contribution in [0.3, 0.4) is 0 Å². The van der Waals surface area contributed by atoms with Crippen molar-refractivity contribution in [3.05, 3.63) is 175 Å². The summed E-state index contributed by atoms with van der Waals surface area (Å²) >= 11 is 0. The molecule has 0 fully saturated rings. The molecule has 0 spiro atoms. The number of para-hydroxylation sites is 2. The van der Waals surface area contributed by atoms with Gasteiger partial charge in [0.05, 0.1) is 11.0 Å². The van der Waals surface area contributed by atoms with E-state index in [1.165, 1.54) is 120 Å². The zero-order chi connectivity index (χ0) is 36.6. The van der Waals surface area contributed by atoms with E-state index in [1.54, 1.807) is 0 Å². The van der Waals surface area contributed by atoms with E-state index >= 15 is 0 Å². The summed E-state index contributed by atoms with van der Waals surface area (Å²) in [6.07, 6.45) is 0. The molecule has 12 rings (SSSR count). The topological polar surface area (TPSA) is 4.93 Å². The van der Waals surface area contributed by atoms with Crippen molar-refractivity contribution in [1.82, 2.24) is 4.57 Å². The molecule has 0 saturated heterocycles. The predicted molar refractivity (Wildman–Crippen MR) is 238 cm³/mol. The molecular formula is C54H37N. The summed E-state index contributed by atoms with van der Waals surface area (Å²) in [5.41, 5.74) is 10.1. The van der Waals surface area contributed by atoms with Crippen molar-refractivity contribution in [2.75, 3.05) is 0 Å². The molecule has 1 nitrogen and oxygen atoms in total. The molecule has 0 saturated carbocycles. The van der Waals surface area contributed by atoms with Crippen LogP contribution in [0.4, 0.5) is 0 Å². The minimum absolute atomic E-state index is 0.0585. The fourth-order valence-corrected chi connectivity index (χ4v) is 9.73. The van der Waals surface area contributed by atoms with Gasteiger partial charge in [0, 0.05) is 16.5 Å². The highest BCUT2D eigenvalue weighted by Gasteiger charge is 2.21. The van der Waals surface area contributed by atoms with E-state index in [9.17, 15) is 0 Å². The maximum Gasteiger partial charge on any atom is 0.0541 e. The molecule has 1 aromatic heterocycles. The zero-order valence-electron chi connectivity index (χ0n) is 31.1. The van der Waals surface area contributed by atoms with Crippen molar-refractivity contribution >= 4 is 86.4 Å². The molecule has 0 unspecified atom stereocenters. The summed E-state index contributed by atoms with van der Waals surface area (Å²) < 4.78 is 2.40. The SMILES string of the molecule is CC(C)(C)c1cc2ccc3c(-c4ccc(-n5c6ccccc6c6ccccc65)cc4)cc(-c4cc5ccc6cccc7ccc(c4)c5c67)c4ccc(c1)c2c34. The lowest BCUT2D eigenvalue weighted by molar-refractivity contribution is 0.591. The molecule has 0 bridgehead atoms. The maximum atomic E-state index is 2.46. The Bertz CT molecular complexity index is 3360. The van der Waals surface area contributed by atoms with Gasteiger partial charge < -0.3 is 4.57 Å². The third kappa shape index (κ3) is 4.35. The summed E-state index contributed by atoms with van der Waals surface area (Å²) in [5, 5.41) is 18.3. The van der Waals surface area contributed by atoms with Crippen LogP contribution in [-0.4, -0.2) is 4.57 Å². The van der Waals surface area contributed by atoms with Gasteiger partial charge in [-0.15, -0.1) is 0 Å². The minimum atomic E-state index is 0.0585. The highest BCUT2D eigenvalue weighted by molar-refractivity contribution is 6.29. The molecule has 0 aliphatic rings. The Hall–Kier alpha value is -6.70. The second-order valence-electron chi connectivity index (χ2n) is 16.5. The summed E-state index contributed by atoms with van der Waals surface area (Å²) in [6, 6.07) is 64.2. The van der Waals surface area contributed by atoms with Gasteiger partial charge in [-0.3, -0.25) is 0 Å². The Balaban J connectivity index is 1.13. The molecule has 0 atom stereocenters. The van der Waals surface area contributed by atoms with E-state index < -0.39 is 0 Å². The molecule has 55 heavy (non-hydrogen) atoms. The largest absolute Gasteiger partial charge is 0.309 e. The van der Waals surface area contributed by atoms with Crippen molar-refractivity contribution in [2.45, 2.75) is 26.2 Å². The van der Waals surface area contributed by atoms with Gasteiger partial charge in [0.25, 0.3) is 0 Å². The predicted octanol–water partition coefficient (Wildman–Crippen LogP) is 15.2. The first-order valence-electron chi connectivity index (χ1n) is 19.4. The van der Waals surface area contributed by atoms with Gasteiger partial charge in [-0.05, 0) is 140 Å². The molecule has 258 valence electrons. The quantitative estimate of drug-likeness (QED) is 0.162. The third-order valence-corrected chi connectivity index (χ3v) is 12.4. The molecular weight excluding hydrogens is 663 g/mol. The van der Waals surface area contributed by atoms with Crippen LogP contribution in [0.25, 0.3) is 114 Å². The lowest BCUT2D eigenvalue weighted by atomic mass is 9.81. The number of hydrogen-bond acceptors (Lipinski definition) is 0. The highest BCUT2D eigenvalue weighted by Crippen LogP contribution is 2.47. The van der Waals surface area contributed by atoms with Gasteiger partial charge in [0.15, 0.2) is 0 Å². The van der Waals surface area contributed by atoms with Crippen molar-refractivity contribution in [1.29, 1.82) is 0 Å². The number of aromatic nitrogens is 1. The molecule has 1 heteroatoms. The summed E-state index contributed by atoms with van der Waals surface area (Å²) in [7, 11) is 0. The van der Waals surface area contributed by atoms with Crippen LogP contribution in [0.15, 0.2) is 170 Å². The summed E-state index contributed by atoms with van der Waals surface area (Å²) in [4.78, 5) is 0. The van der Waals surface area contributed by atoms with Crippen molar-refractivity contribution < 1.29 is 0 Å². The summed E-state index contributed by atoms with van der Waals surface area (Å²) in [6.45, 7) is 6.93.